The molecule has 3 aromatic rings. The molecule has 11 aliphatic carbocycles. The van der Waals surface area contributed by atoms with Gasteiger partial charge in [-0.2, -0.15) is 148 Å². The van der Waals surface area contributed by atoms with Gasteiger partial charge in [0.25, 0.3) is 10.0 Å². The first kappa shape index (κ1) is 96.0. The Bertz CT molecular complexity index is 4650. The molecule has 11 aliphatic rings. The molecule has 0 aliphatic heterocycles. The standard InChI is InChI=1S/C27H36F6O4S.C14H18F4O5S.C13H17F6NO5S2.C11H7F6NO5S2.H2S/c28-25(29,26(30,31)34)27(32,33)38(35,36)37-24-22(19-12-6-2-7-13-19)16-21(18-10-4-1-5-11-18)17-23(24)20-14-8-3-9-15-20;15-13(14(16,17)18,24(20,21)22)7-23-11(19)12-4-8-1-9(5-12)3-10(2-8)6-12;14-11(15,13(18,19)27(23,24)25)12(16,17)26(21,22)20-10-4-7-1-8(5-10)3-9(2-7)6-10;12-9(13,11(16,17)25(21,22)23)10(14,15)24(19,20)18-6-5-7-3-1-2-4-8(7)18;/h16-20,34H,1-15H2;8-10H,1-7H2,(H,20,21,22);7-9,20H,1-6H2,(H,23,24,25);1-6H,(H,21,22,23);1H2. The third-order valence-electron chi connectivity index (χ3n) is 23.3. The van der Waals surface area contributed by atoms with E-state index in [2.05, 4.69) is 4.74 Å². The predicted molar refractivity (Wildman–Crippen MR) is 366 cm³/mol. The number of halogens is 22. The summed E-state index contributed by atoms with van der Waals surface area (Å²) in [5, 5.41) is -29.5. The van der Waals surface area contributed by atoms with Crippen LogP contribution in [-0.4, -0.2) is 153 Å². The van der Waals surface area contributed by atoms with Gasteiger partial charge in [-0.3, -0.25) is 18.5 Å². The fourth-order valence-corrected chi connectivity index (χ4v) is 23.6. The van der Waals surface area contributed by atoms with Crippen LogP contribution in [0.3, 0.4) is 0 Å². The number of hydrogen-bond acceptors (Lipinski definition) is 16. The van der Waals surface area contributed by atoms with E-state index in [-0.39, 0.29) is 77.6 Å². The Hall–Kier alpha value is -4.44. The van der Waals surface area contributed by atoms with Gasteiger partial charge in [0.05, 0.1) is 10.9 Å². The fourth-order valence-electron chi connectivity index (χ4n) is 18.3. The predicted octanol–water partition coefficient (Wildman–Crippen LogP) is 16.4. The van der Waals surface area contributed by atoms with E-state index < -0.39 is 157 Å². The second-order valence-corrected chi connectivity index (χ2v) is 41.0. The number of nitrogens with one attached hydrogen (secondary N) is 1. The smallest absolute Gasteiger partial charge is 0.452 e. The Morgan fingerprint density at radius 3 is 1.19 bits per heavy atom. The minimum atomic E-state index is -7.05. The second kappa shape index (κ2) is 32.4. The van der Waals surface area contributed by atoms with Crippen LogP contribution in [0.4, 0.5) is 96.6 Å². The van der Waals surface area contributed by atoms with Crippen molar-refractivity contribution in [2.45, 2.75) is 258 Å². The molecule has 11 saturated carbocycles. The Kier molecular flexibility index (Phi) is 27.1. The summed E-state index contributed by atoms with van der Waals surface area (Å²) in [7, 11) is -39.8. The van der Waals surface area contributed by atoms with Crippen LogP contribution in [0.2, 0.25) is 0 Å². The topological polar surface area (TPSA) is 338 Å². The maximum absolute atomic E-state index is 14.6. The number of hydrogen-bond donors (Lipinski definition) is 5. The summed E-state index contributed by atoms with van der Waals surface area (Å²) in [5.74, 6) is -21.1. The third-order valence-corrected chi connectivity index (χ3v) is 30.9. The van der Waals surface area contributed by atoms with Crippen molar-refractivity contribution in [3.8, 4) is 5.75 Å². The summed E-state index contributed by atoms with van der Waals surface area (Å²) < 4.78 is 470. The SMILES string of the molecule is O=C(OCC(F)(C(F)(F)F)S(=O)(=O)O)C12CC3CC(CC(C3)C1)C2.O=S(=O)(O)C(F)(F)C(F)(F)C(F)(F)S(=O)(=O)NC12CC3CC(CC(C3)C1)C2.O=S(=O)(O)C(F)(F)C(F)(F)C(F)(F)S(=O)(=O)n1ccc2ccccc21.O=S(=O)(Oc1c(C2CCCCC2)cc(C2CCCCC2)cc1C1CCCCC1)C(F)(F)C(F)(F)C(O)(F)F.S. The molecule has 115 heavy (non-hydrogen) atoms. The van der Waals surface area contributed by atoms with Gasteiger partial charge < -0.3 is 14.0 Å². The zero-order valence-corrected chi connectivity index (χ0v) is 65.6. The number of nitrogens with zero attached hydrogens (tertiary/aromatic N) is 1. The minimum absolute atomic E-state index is 0. The number of carbonyl (C=O) groups excluding carboxylic acids is 1. The number of aliphatic hydroxyl groups is 1. The number of ether oxygens (including phenoxy) is 1. The van der Waals surface area contributed by atoms with E-state index in [4.69, 9.17) is 22.9 Å². The number of benzene rings is 2. The summed E-state index contributed by atoms with van der Waals surface area (Å²) in [5.41, 5.74) is -1.19. The van der Waals surface area contributed by atoms with Gasteiger partial charge in [0.15, 0.2) is 6.61 Å². The Balaban J connectivity index is 0.000000195. The molecule has 50 heteroatoms. The van der Waals surface area contributed by atoms with Crippen LogP contribution in [-0.2, 0) is 70.1 Å². The van der Waals surface area contributed by atoms with Gasteiger partial charge >= 0.3 is 118 Å². The van der Waals surface area contributed by atoms with Crippen molar-refractivity contribution in [3.63, 3.8) is 0 Å². The largest absolute Gasteiger partial charge is 0.460 e. The third kappa shape index (κ3) is 17.7. The van der Waals surface area contributed by atoms with Crippen LogP contribution in [0.15, 0.2) is 48.7 Å². The first-order valence-corrected chi connectivity index (χ1v) is 44.2. The summed E-state index contributed by atoms with van der Waals surface area (Å²) in [6.45, 7) is -2.09. The molecule has 0 amide bonds. The molecular weight excluding hydrogens is 1760 g/mol. The van der Waals surface area contributed by atoms with Gasteiger partial charge in [-0.25, -0.2) is 21.5 Å². The number of aromatic nitrogens is 1. The quantitative estimate of drug-likeness (QED) is 0.0255. The Labute approximate surface area is 652 Å². The van der Waals surface area contributed by atoms with Crippen LogP contribution in [0.25, 0.3) is 10.9 Å². The van der Waals surface area contributed by atoms with Crippen molar-refractivity contribution >= 4 is 90.9 Å². The van der Waals surface area contributed by atoms with Crippen LogP contribution in [0.1, 0.15) is 208 Å². The lowest BCUT2D eigenvalue weighted by atomic mass is 9.49. The van der Waals surface area contributed by atoms with Crippen molar-refractivity contribution in [1.29, 1.82) is 0 Å². The Morgan fingerprint density at radius 1 is 0.461 bits per heavy atom. The van der Waals surface area contributed by atoms with Crippen LogP contribution < -0.4 is 8.91 Å². The van der Waals surface area contributed by atoms with E-state index in [0.29, 0.717) is 80.0 Å². The van der Waals surface area contributed by atoms with E-state index >= 15 is 0 Å². The molecule has 0 spiro atoms. The summed E-state index contributed by atoms with van der Waals surface area (Å²) in [6.07, 6.45) is 8.09. The van der Waals surface area contributed by atoms with E-state index in [1.165, 1.54) is 16.9 Å². The number of carbonyl (C=O) groups is 1. The van der Waals surface area contributed by atoms with Crippen molar-refractivity contribution in [2.24, 2.45) is 40.9 Å². The molecule has 11 fully saturated rings. The molecular formula is C65H80F22N2O19S7. The number of sulfonamides is 1. The number of alkyl halides is 22. The highest BCUT2D eigenvalue weighted by Crippen LogP contribution is 2.62. The van der Waals surface area contributed by atoms with Gasteiger partial charge in [0.1, 0.15) is 5.75 Å². The van der Waals surface area contributed by atoms with Crippen LogP contribution in [0.5, 0.6) is 5.75 Å². The van der Waals surface area contributed by atoms with Crippen LogP contribution >= 0.6 is 13.5 Å². The van der Waals surface area contributed by atoms with Gasteiger partial charge in [0.2, 0.25) is 0 Å². The Morgan fingerprint density at radius 2 is 0.826 bits per heavy atom. The molecule has 1 atom stereocenters. The minimum Gasteiger partial charge on any atom is -0.460 e. The fraction of sp³-hybridized carbons (Fsp3) is 0.769. The van der Waals surface area contributed by atoms with Gasteiger partial charge in [-0.15, -0.1) is 0 Å². The monoisotopic (exact) mass is 1830 g/mol. The molecule has 5 N–H and O–H groups in total. The van der Waals surface area contributed by atoms with Crippen molar-refractivity contribution in [1.82, 2.24) is 8.69 Å². The van der Waals surface area contributed by atoms with Gasteiger partial charge in [0, 0.05) is 17.1 Å². The molecule has 1 heterocycles. The van der Waals surface area contributed by atoms with Gasteiger partial charge in [-0.1, -0.05) is 88.1 Å². The summed E-state index contributed by atoms with van der Waals surface area (Å²) >= 11 is 0. The van der Waals surface area contributed by atoms with Gasteiger partial charge in [-0.05, 0) is 198 Å². The molecule has 21 nitrogen and oxygen atoms in total. The first-order valence-electron chi connectivity index (χ1n) is 35.6. The molecule has 2 aromatic carbocycles. The molecule has 14 rings (SSSR count). The maximum Gasteiger partial charge on any atom is 0.452 e. The number of fused-ring (bicyclic) bond motifs is 1. The highest BCUT2D eigenvalue weighted by atomic mass is 32.2. The molecule has 0 saturated heterocycles. The summed E-state index contributed by atoms with van der Waals surface area (Å²) in [6, 6.07) is 9.17. The summed E-state index contributed by atoms with van der Waals surface area (Å²) in [4.78, 5) is 12.4. The second-order valence-electron chi connectivity index (χ2n) is 31.3. The number of para-hydroxylation sites is 1. The zero-order chi connectivity index (χ0) is 85.9. The lowest BCUT2D eigenvalue weighted by Crippen LogP contribution is -2.67. The molecule has 1 unspecified atom stereocenters. The van der Waals surface area contributed by atoms with Crippen molar-refractivity contribution < 1.29 is 180 Å². The molecule has 660 valence electrons. The normalized spacial score (nSPS) is 26.6. The van der Waals surface area contributed by atoms with E-state index in [1.54, 1.807) is 12.1 Å². The average Bonchev–Trinajstić information content (AvgIpc) is 1.54. The zero-order valence-electron chi connectivity index (χ0n) is 59.7. The van der Waals surface area contributed by atoms with E-state index in [0.717, 1.165) is 133 Å². The first-order chi connectivity index (χ1) is 51.7. The molecule has 1 aromatic heterocycles. The van der Waals surface area contributed by atoms with Crippen LogP contribution in [0, 0.1) is 40.9 Å². The highest BCUT2D eigenvalue weighted by Gasteiger charge is 2.84. The lowest BCUT2D eigenvalue weighted by molar-refractivity contribution is -0.366. The van der Waals surface area contributed by atoms with E-state index in [9.17, 15) is 152 Å². The van der Waals surface area contributed by atoms with E-state index in [1.807, 2.05) is 0 Å². The lowest BCUT2D eigenvalue weighted by Gasteiger charge is -2.56. The van der Waals surface area contributed by atoms with Crippen molar-refractivity contribution in [3.05, 3.63) is 65.4 Å². The number of rotatable bonds is 23. The van der Waals surface area contributed by atoms with Crippen molar-refractivity contribution in [2.75, 3.05) is 6.61 Å². The average molecular weight is 1840 g/mol. The number of esters is 1. The highest BCUT2D eigenvalue weighted by molar-refractivity contribution is 7.91. The maximum atomic E-state index is 14.6. The molecule has 8 bridgehead atoms. The molecule has 0 radical (unpaired) electrons.